The maximum Gasteiger partial charge on any atom is 0.181 e. The normalized spacial score (nSPS) is 22.3. The summed E-state index contributed by atoms with van der Waals surface area (Å²) < 4.78 is 0. The predicted molar refractivity (Wildman–Crippen MR) is 93.0 cm³/mol. The van der Waals surface area contributed by atoms with Crippen molar-refractivity contribution < 1.29 is 0 Å². The summed E-state index contributed by atoms with van der Waals surface area (Å²) in [7, 11) is 0. The molecule has 0 bridgehead atoms. The fourth-order valence-electron chi connectivity index (χ4n) is 2.70. The SMILES string of the molecule is Nc1nc(-c2cccc(Cl)c2)c(C2=CC3C=NNC3C=C2)s1. The molecule has 0 radical (unpaired) electrons. The molecular formula is C16H13ClN4S. The number of nitrogens with zero attached hydrogens (tertiary/aromatic N) is 2. The van der Waals surface area contributed by atoms with Crippen molar-refractivity contribution in [3.05, 3.63) is 52.4 Å². The summed E-state index contributed by atoms with van der Waals surface area (Å²) in [6.07, 6.45) is 8.36. The van der Waals surface area contributed by atoms with Crippen molar-refractivity contribution >= 4 is 39.9 Å². The summed E-state index contributed by atoms with van der Waals surface area (Å²) in [6.45, 7) is 0. The molecule has 4 rings (SSSR count). The number of nitrogen functional groups attached to an aromatic ring is 1. The van der Waals surface area contributed by atoms with Crippen molar-refractivity contribution in [1.82, 2.24) is 10.4 Å². The van der Waals surface area contributed by atoms with Gasteiger partial charge in [0.1, 0.15) is 0 Å². The van der Waals surface area contributed by atoms with Gasteiger partial charge in [-0.2, -0.15) is 5.10 Å². The van der Waals surface area contributed by atoms with E-state index < -0.39 is 0 Å². The quantitative estimate of drug-likeness (QED) is 0.885. The number of anilines is 1. The maximum atomic E-state index is 6.10. The van der Waals surface area contributed by atoms with Crippen molar-refractivity contribution in [2.75, 3.05) is 5.73 Å². The van der Waals surface area contributed by atoms with Gasteiger partial charge in [-0.15, -0.1) is 0 Å². The van der Waals surface area contributed by atoms with E-state index in [4.69, 9.17) is 17.3 Å². The summed E-state index contributed by atoms with van der Waals surface area (Å²) in [5, 5.41) is 5.37. The van der Waals surface area contributed by atoms with Gasteiger partial charge in [0.2, 0.25) is 0 Å². The zero-order valence-electron chi connectivity index (χ0n) is 11.5. The van der Waals surface area contributed by atoms with E-state index >= 15 is 0 Å². The van der Waals surface area contributed by atoms with Crippen LogP contribution in [-0.2, 0) is 0 Å². The molecular weight excluding hydrogens is 316 g/mol. The highest BCUT2D eigenvalue weighted by atomic mass is 35.5. The Bertz CT molecular complexity index is 821. The van der Waals surface area contributed by atoms with Gasteiger partial charge >= 0.3 is 0 Å². The minimum absolute atomic E-state index is 0.253. The molecule has 6 heteroatoms. The van der Waals surface area contributed by atoms with Crippen LogP contribution in [0.25, 0.3) is 16.8 Å². The molecule has 2 unspecified atom stereocenters. The summed E-state index contributed by atoms with van der Waals surface area (Å²) in [5.74, 6) is 0.274. The largest absolute Gasteiger partial charge is 0.375 e. The number of allylic oxidation sites excluding steroid dienone is 2. The lowest BCUT2D eigenvalue weighted by Gasteiger charge is -2.17. The number of nitrogens with two attached hydrogens (primary N) is 1. The van der Waals surface area contributed by atoms with E-state index in [2.05, 4.69) is 33.7 Å². The highest BCUT2D eigenvalue weighted by molar-refractivity contribution is 7.17. The Labute approximate surface area is 137 Å². The Hall–Kier alpha value is -2.11. The van der Waals surface area contributed by atoms with Gasteiger partial charge in [-0.25, -0.2) is 4.98 Å². The zero-order valence-corrected chi connectivity index (χ0v) is 13.1. The first-order valence-corrected chi connectivity index (χ1v) is 8.11. The Kier molecular flexibility index (Phi) is 3.24. The number of benzene rings is 1. The van der Waals surface area contributed by atoms with Crippen LogP contribution in [-0.4, -0.2) is 17.2 Å². The standard InChI is InChI=1S/C16H13ClN4S/c17-12-3-1-2-9(7-12)14-15(22-16(18)20-14)10-4-5-13-11(6-10)8-19-21-13/h1-8,11,13,21H,(H2,18,20). The van der Waals surface area contributed by atoms with E-state index in [9.17, 15) is 0 Å². The third-order valence-corrected chi connectivity index (χ3v) is 4.91. The van der Waals surface area contributed by atoms with E-state index in [1.807, 2.05) is 30.5 Å². The van der Waals surface area contributed by atoms with Gasteiger partial charge in [-0.1, -0.05) is 53.3 Å². The molecule has 0 fully saturated rings. The number of halogens is 1. The van der Waals surface area contributed by atoms with E-state index in [1.165, 1.54) is 11.3 Å². The van der Waals surface area contributed by atoms with Crippen LogP contribution in [0.1, 0.15) is 4.88 Å². The van der Waals surface area contributed by atoms with Crippen LogP contribution >= 0.6 is 22.9 Å². The first kappa shape index (κ1) is 13.5. The van der Waals surface area contributed by atoms with Crippen molar-refractivity contribution in [3.8, 4) is 11.3 Å². The van der Waals surface area contributed by atoms with Gasteiger partial charge in [0.05, 0.1) is 16.6 Å². The van der Waals surface area contributed by atoms with Crippen molar-refractivity contribution in [1.29, 1.82) is 0 Å². The minimum Gasteiger partial charge on any atom is -0.375 e. The monoisotopic (exact) mass is 328 g/mol. The Balaban J connectivity index is 1.80. The van der Waals surface area contributed by atoms with E-state index in [0.717, 1.165) is 21.7 Å². The van der Waals surface area contributed by atoms with Gasteiger partial charge < -0.3 is 11.2 Å². The molecule has 0 amide bonds. The number of hydrogen-bond acceptors (Lipinski definition) is 5. The molecule has 0 spiro atoms. The molecule has 1 aliphatic carbocycles. The third-order valence-electron chi connectivity index (χ3n) is 3.74. The van der Waals surface area contributed by atoms with E-state index in [-0.39, 0.29) is 12.0 Å². The lowest BCUT2D eigenvalue weighted by Crippen LogP contribution is -2.25. The number of hydrogen-bond donors (Lipinski definition) is 2. The van der Waals surface area contributed by atoms with Gasteiger partial charge in [-0.05, 0) is 17.7 Å². The van der Waals surface area contributed by atoms with Crippen LogP contribution in [0.4, 0.5) is 5.13 Å². The van der Waals surface area contributed by atoms with Gasteiger partial charge in [0.25, 0.3) is 0 Å². The lowest BCUT2D eigenvalue weighted by atomic mass is 9.92. The summed E-state index contributed by atoms with van der Waals surface area (Å²) in [6, 6.07) is 7.94. The molecule has 0 saturated heterocycles. The van der Waals surface area contributed by atoms with Crippen LogP contribution in [0.5, 0.6) is 0 Å². The molecule has 22 heavy (non-hydrogen) atoms. The van der Waals surface area contributed by atoms with Crippen LogP contribution in [0.2, 0.25) is 5.02 Å². The van der Waals surface area contributed by atoms with Crippen molar-refractivity contribution in [3.63, 3.8) is 0 Å². The topological polar surface area (TPSA) is 63.3 Å². The van der Waals surface area contributed by atoms with E-state index in [1.54, 1.807) is 0 Å². The second-order valence-electron chi connectivity index (χ2n) is 5.23. The first-order valence-electron chi connectivity index (χ1n) is 6.92. The number of fused-ring (bicyclic) bond motifs is 1. The summed E-state index contributed by atoms with van der Waals surface area (Å²) in [5.41, 5.74) is 12.0. The van der Waals surface area contributed by atoms with E-state index in [0.29, 0.717) is 10.2 Å². The molecule has 1 aromatic heterocycles. The lowest BCUT2D eigenvalue weighted by molar-refractivity contribution is 0.624. The van der Waals surface area contributed by atoms with Crippen molar-refractivity contribution in [2.45, 2.75) is 6.04 Å². The Morgan fingerprint density at radius 1 is 1.32 bits per heavy atom. The first-order chi connectivity index (χ1) is 10.7. The fourth-order valence-corrected chi connectivity index (χ4v) is 3.75. The molecule has 1 aromatic carbocycles. The molecule has 2 atom stereocenters. The average molecular weight is 329 g/mol. The van der Waals surface area contributed by atoms with Crippen LogP contribution in [0.15, 0.2) is 47.6 Å². The molecule has 2 heterocycles. The minimum atomic E-state index is 0.253. The molecule has 2 aliphatic rings. The highest BCUT2D eigenvalue weighted by Gasteiger charge is 2.25. The maximum absolute atomic E-state index is 6.10. The second kappa shape index (κ2) is 5.26. The van der Waals surface area contributed by atoms with Gasteiger partial charge in [0.15, 0.2) is 5.13 Å². The number of thiazole rings is 1. The number of aromatic nitrogens is 1. The Morgan fingerprint density at radius 2 is 2.23 bits per heavy atom. The third kappa shape index (κ3) is 2.32. The second-order valence-corrected chi connectivity index (χ2v) is 6.70. The highest BCUT2D eigenvalue weighted by Crippen LogP contribution is 2.38. The van der Waals surface area contributed by atoms with Crippen molar-refractivity contribution in [2.24, 2.45) is 11.0 Å². The zero-order chi connectivity index (χ0) is 15.1. The van der Waals surface area contributed by atoms with Gasteiger partial charge in [0, 0.05) is 22.7 Å². The molecule has 4 nitrogen and oxygen atoms in total. The molecule has 110 valence electrons. The molecule has 1 aliphatic heterocycles. The fraction of sp³-hybridized carbons (Fsp3) is 0.125. The Morgan fingerprint density at radius 3 is 3.09 bits per heavy atom. The molecule has 0 saturated carbocycles. The average Bonchev–Trinajstić information content (AvgIpc) is 3.12. The van der Waals surface area contributed by atoms with Crippen LogP contribution < -0.4 is 11.2 Å². The predicted octanol–water partition coefficient (Wildman–Crippen LogP) is 3.57. The van der Waals surface area contributed by atoms with Gasteiger partial charge in [-0.3, -0.25) is 0 Å². The smallest absolute Gasteiger partial charge is 0.181 e. The number of nitrogens with one attached hydrogen (secondary N) is 1. The van der Waals surface area contributed by atoms with Crippen LogP contribution in [0.3, 0.4) is 0 Å². The molecule has 2 aromatic rings. The summed E-state index contributed by atoms with van der Waals surface area (Å²) in [4.78, 5) is 5.56. The summed E-state index contributed by atoms with van der Waals surface area (Å²) >= 11 is 7.60. The number of hydrazone groups is 1. The van der Waals surface area contributed by atoms with Crippen LogP contribution in [0, 0.1) is 5.92 Å². The number of rotatable bonds is 2. The molecule has 3 N–H and O–H groups in total.